The summed E-state index contributed by atoms with van der Waals surface area (Å²) in [6.45, 7) is 9.03. The Morgan fingerprint density at radius 2 is 1.16 bits per heavy atom. The molecule has 3 aromatic rings. The first-order valence-electron chi connectivity index (χ1n) is 10.0. The van der Waals surface area contributed by atoms with Crippen molar-refractivity contribution in [2.24, 2.45) is 0 Å². The Kier molecular flexibility index (Phi) is 5.78. The lowest BCUT2D eigenvalue weighted by Crippen LogP contribution is -1.96. The average molecular weight is 333 g/mol. The number of hydrogen-bond donors (Lipinski definition) is 0. The van der Waals surface area contributed by atoms with Crippen LogP contribution in [0.2, 0.25) is 0 Å². The van der Waals surface area contributed by atoms with Crippen molar-refractivity contribution in [1.29, 1.82) is 0 Å². The van der Waals surface area contributed by atoms with Gasteiger partial charge in [0.1, 0.15) is 0 Å². The molecule has 0 heterocycles. The van der Waals surface area contributed by atoms with Gasteiger partial charge in [-0.05, 0) is 66.3 Å². The van der Waals surface area contributed by atoms with E-state index < -0.39 is 0 Å². The predicted molar refractivity (Wildman–Crippen MR) is 113 cm³/mol. The van der Waals surface area contributed by atoms with Crippen LogP contribution in [0.4, 0.5) is 0 Å². The van der Waals surface area contributed by atoms with Crippen LogP contribution in [-0.2, 0) is 6.42 Å². The molecular formula is C25H32. The van der Waals surface area contributed by atoms with E-state index in [9.17, 15) is 0 Å². The molecule has 0 aliphatic heterocycles. The van der Waals surface area contributed by atoms with Gasteiger partial charge in [0.05, 0.1) is 0 Å². The smallest absolute Gasteiger partial charge is 0.0102 e. The number of benzene rings is 3. The number of rotatable bonds is 7. The first kappa shape index (κ1) is 18.0. The monoisotopic (exact) mass is 332 g/mol. The molecule has 25 heavy (non-hydrogen) atoms. The van der Waals surface area contributed by atoms with Gasteiger partial charge in [-0.2, -0.15) is 0 Å². The second-order valence-electron chi connectivity index (χ2n) is 7.72. The molecule has 0 unspecified atom stereocenters. The molecule has 0 fully saturated rings. The maximum Gasteiger partial charge on any atom is -0.0102 e. The second-order valence-corrected chi connectivity index (χ2v) is 7.72. The van der Waals surface area contributed by atoms with Crippen LogP contribution in [0.1, 0.15) is 67.7 Å². The van der Waals surface area contributed by atoms with E-state index in [2.05, 4.69) is 64.1 Å². The Balaban J connectivity index is 1.99. The molecular weight excluding hydrogens is 300 g/mol. The zero-order valence-corrected chi connectivity index (χ0v) is 16.4. The molecule has 0 aliphatic rings. The highest BCUT2D eigenvalue weighted by molar-refractivity contribution is 6.11. The van der Waals surface area contributed by atoms with Gasteiger partial charge in [0.25, 0.3) is 0 Å². The Morgan fingerprint density at radius 3 is 1.84 bits per heavy atom. The summed E-state index contributed by atoms with van der Waals surface area (Å²) in [5.41, 5.74) is 5.78. The van der Waals surface area contributed by atoms with Gasteiger partial charge in [-0.15, -0.1) is 0 Å². The first-order chi connectivity index (χ1) is 12.1. The van der Waals surface area contributed by atoms with E-state index in [-0.39, 0.29) is 0 Å². The first-order valence-corrected chi connectivity index (χ1v) is 10.0. The molecule has 0 aliphatic carbocycles. The number of aryl methyl sites for hydroxylation is 4. The minimum atomic E-state index is 1.21. The van der Waals surface area contributed by atoms with Gasteiger partial charge in [0.2, 0.25) is 0 Å². The van der Waals surface area contributed by atoms with E-state index in [1.54, 1.807) is 5.56 Å². The third kappa shape index (κ3) is 3.89. The molecule has 0 heteroatoms. The van der Waals surface area contributed by atoms with E-state index in [0.717, 1.165) is 0 Å². The zero-order valence-electron chi connectivity index (χ0n) is 16.4. The van der Waals surface area contributed by atoms with Crippen molar-refractivity contribution in [2.45, 2.75) is 72.6 Å². The molecule has 0 bridgehead atoms. The third-order valence-electron chi connectivity index (χ3n) is 5.60. The molecule has 0 saturated carbocycles. The zero-order chi connectivity index (χ0) is 17.8. The molecule has 0 radical (unpaired) electrons. The summed E-state index contributed by atoms with van der Waals surface area (Å²) < 4.78 is 0. The van der Waals surface area contributed by atoms with Gasteiger partial charge >= 0.3 is 0 Å². The van der Waals surface area contributed by atoms with Crippen molar-refractivity contribution >= 4 is 21.5 Å². The second kappa shape index (κ2) is 8.04. The third-order valence-corrected chi connectivity index (χ3v) is 5.60. The van der Waals surface area contributed by atoms with Crippen molar-refractivity contribution < 1.29 is 0 Å². The Hall–Kier alpha value is -1.82. The molecule has 132 valence electrons. The summed E-state index contributed by atoms with van der Waals surface area (Å²) in [6.07, 6.45) is 9.37. The fourth-order valence-corrected chi connectivity index (χ4v) is 4.11. The van der Waals surface area contributed by atoms with E-state index in [0.29, 0.717) is 0 Å². The van der Waals surface area contributed by atoms with Gasteiger partial charge in [-0.1, -0.05) is 86.6 Å². The summed E-state index contributed by atoms with van der Waals surface area (Å²) in [5.74, 6) is 0. The van der Waals surface area contributed by atoms with Crippen LogP contribution in [0, 0.1) is 20.8 Å². The van der Waals surface area contributed by atoms with E-state index in [1.807, 2.05) is 0 Å². The molecule has 0 spiro atoms. The van der Waals surface area contributed by atoms with Crippen LogP contribution in [0.5, 0.6) is 0 Å². The predicted octanol–water partition coefficient (Wildman–Crippen LogP) is 7.82. The quantitative estimate of drug-likeness (QED) is 0.305. The average Bonchev–Trinajstić information content (AvgIpc) is 2.60. The van der Waals surface area contributed by atoms with Gasteiger partial charge in [-0.25, -0.2) is 0 Å². The van der Waals surface area contributed by atoms with Crippen LogP contribution in [0.3, 0.4) is 0 Å². The summed E-state index contributed by atoms with van der Waals surface area (Å²) >= 11 is 0. The van der Waals surface area contributed by atoms with Crippen molar-refractivity contribution in [3.63, 3.8) is 0 Å². The van der Waals surface area contributed by atoms with Crippen LogP contribution in [-0.4, -0.2) is 0 Å². The molecule has 3 rings (SSSR count). The Labute approximate surface area is 153 Å². The minimum absolute atomic E-state index is 1.21. The maximum absolute atomic E-state index is 2.40. The van der Waals surface area contributed by atoms with Crippen molar-refractivity contribution in [2.75, 3.05) is 0 Å². The summed E-state index contributed by atoms with van der Waals surface area (Å²) in [6, 6.07) is 13.9. The molecule has 3 aromatic carbocycles. The van der Waals surface area contributed by atoms with Crippen LogP contribution in [0.15, 0.2) is 36.4 Å². The molecule has 0 aromatic heterocycles. The summed E-state index contributed by atoms with van der Waals surface area (Å²) in [4.78, 5) is 0. The molecule has 0 amide bonds. The maximum atomic E-state index is 2.40. The van der Waals surface area contributed by atoms with E-state index in [4.69, 9.17) is 0 Å². The topological polar surface area (TPSA) is 0 Å². The lowest BCUT2D eigenvalue weighted by molar-refractivity contribution is 0.608. The van der Waals surface area contributed by atoms with Crippen LogP contribution in [0.25, 0.3) is 21.5 Å². The minimum Gasteiger partial charge on any atom is -0.0654 e. The summed E-state index contributed by atoms with van der Waals surface area (Å²) in [7, 11) is 0. The van der Waals surface area contributed by atoms with Gasteiger partial charge < -0.3 is 0 Å². The van der Waals surface area contributed by atoms with E-state index >= 15 is 0 Å². The van der Waals surface area contributed by atoms with Crippen molar-refractivity contribution in [1.82, 2.24) is 0 Å². The molecule has 0 atom stereocenters. The molecule has 0 nitrogen and oxygen atoms in total. The fourth-order valence-electron chi connectivity index (χ4n) is 4.11. The van der Waals surface area contributed by atoms with Crippen molar-refractivity contribution in [3.8, 4) is 0 Å². The number of unbranched alkanes of at least 4 members (excludes halogenated alkanes) is 5. The van der Waals surface area contributed by atoms with Crippen LogP contribution >= 0.6 is 0 Å². The highest BCUT2D eigenvalue weighted by atomic mass is 14.2. The largest absolute Gasteiger partial charge is 0.0654 e. The number of hydrogen-bond acceptors (Lipinski definition) is 0. The van der Waals surface area contributed by atoms with Gasteiger partial charge in [-0.3, -0.25) is 0 Å². The van der Waals surface area contributed by atoms with Crippen molar-refractivity contribution in [3.05, 3.63) is 58.7 Å². The Morgan fingerprint density at radius 1 is 0.600 bits per heavy atom. The highest BCUT2D eigenvalue weighted by Gasteiger charge is 2.12. The Bertz CT molecular complexity index is 870. The molecule has 0 saturated heterocycles. The molecule has 0 N–H and O–H groups in total. The highest BCUT2D eigenvalue weighted by Crippen LogP contribution is 2.34. The lowest BCUT2D eigenvalue weighted by atomic mass is 9.88. The lowest BCUT2D eigenvalue weighted by Gasteiger charge is -2.16. The van der Waals surface area contributed by atoms with E-state index in [1.165, 1.54) is 83.2 Å². The van der Waals surface area contributed by atoms with Gasteiger partial charge in [0, 0.05) is 0 Å². The fraction of sp³-hybridized carbons (Fsp3) is 0.440. The number of fused-ring (bicyclic) bond motifs is 3. The standard InChI is InChI=1S/C25H32/c1-5-6-7-8-9-10-11-21-20(4)24-16-18(2)12-14-22(24)23-15-13-19(3)17-25(21)23/h12-17H,5-11H2,1-4H3. The van der Waals surface area contributed by atoms with Gasteiger partial charge in [0.15, 0.2) is 0 Å². The SMILES string of the molecule is CCCCCCCCc1c(C)c2cc(C)ccc2c2ccc(C)cc12. The summed E-state index contributed by atoms with van der Waals surface area (Å²) in [5, 5.41) is 5.75. The van der Waals surface area contributed by atoms with Crippen LogP contribution < -0.4 is 0 Å². The normalized spacial score (nSPS) is 11.5.